The Balaban J connectivity index is 1.37. The normalized spacial score (nSPS) is 14.3. The number of anilines is 1. The topological polar surface area (TPSA) is 96.2 Å². The molecule has 2 N–H and O–H groups in total. The van der Waals surface area contributed by atoms with Gasteiger partial charge in [-0.25, -0.2) is 15.0 Å². The maximum atomic E-state index is 12.4. The van der Waals surface area contributed by atoms with Crippen LogP contribution in [0, 0.1) is 6.92 Å². The first-order valence-electron chi connectivity index (χ1n) is 10.3. The number of nitrogens with one attached hydrogen (secondary N) is 2. The third kappa shape index (κ3) is 5.50. The Labute approximate surface area is 179 Å². The smallest absolute Gasteiger partial charge is 0.239 e. The lowest BCUT2D eigenvalue weighted by molar-refractivity contribution is -0.115. The summed E-state index contributed by atoms with van der Waals surface area (Å²) in [6.45, 7) is 6.41. The predicted molar refractivity (Wildman–Crippen MR) is 117 cm³/mol. The van der Waals surface area contributed by atoms with Crippen molar-refractivity contribution in [2.75, 3.05) is 38.0 Å². The van der Waals surface area contributed by atoms with Crippen molar-refractivity contribution in [3.05, 3.63) is 35.5 Å². The second-order valence-electron chi connectivity index (χ2n) is 7.34. The van der Waals surface area contributed by atoms with Crippen molar-refractivity contribution in [3.8, 4) is 22.3 Å². The van der Waals surface area contributed by atoms with Gasteiger partial charge < -0.3 is 20.0 Å². The van der Waals surface area contributed by atoms with Crippen molar-refractivity contribution in [1.82, 2.24) is 25.2 Å². The summed E-state index contributed by atoms with van der Waals surface area (Å²) in [7, 11) is 0. The molecule has 8 nitrogen and oxygen atoms in total. The summed E-state index contributed by atoms with van der Waals surface area (Å²) in [5.74, 6) is 2.05. The Kier molecular flexibility index (Phi) is 6.83. The minimum Gasteiger partial charge on any atom is -0.458 e. The predicted octanol–water partition coefficient (Wildman–Crippen LogP) is 3.18. The first-order chi connectivity index (χ1) is 14.7. The zero-order valence-corrected chi connectivity index (χ0v) is 17.9. The number of carbonyl (C=O) groups excluding carboxylic acids is 1. The van der Waals surface area contributed by atoms with E-state index in [4.69, 9.17) is 4.42 Å². The van der Waals surface area contributed by atoms with Gasteiger partial charge in [0.2, 0.25) is 5.91 Å². The van der Waals surface area contributed by atoms with Gasteiger partial charge in [-0.05, 0) is 64.5 Å². The number of carbonyl (C=O) groups is 1. The van der Waals surface area contributed by atoms with E-state index in [1.165, 1.54) is 37.3 Å². The summed E-state index contributed by atoms with van der Waals surface area (Å²) >= 11 is 1.48. The Morgan fingerprint density at radius 1 is 1.27 bits per heavy atom. The molecule has 0 bridgehead atoms. The highest BCUT2D eigenvalue weighted by Crippen LogP contribution is 2.26. The van der Waals surface area contributed by atoms with Crippen LogP contribution in [-0.2, 0) is 4.79 Å². The van der Waals surface area contributed by atoms with Gasteiger partial charge in [0.1, 0.15) is 22.3 Å². The van der Waals surface area contributed by atoms with Crippen molar-refractivity contribution in [2.45, 2.75) is 26.2 Å². The molecule has 0 atom stereocenters. The van der Waals surface area contributed by atoms with E-state index in [0.29, 0.717) is 23.1 Å². The first kappa shape index (κ1) is 20.6. The molecule has 0 aliphatic carbocycles. The molecule has 0 spiro atoms. The average Bonchev–Trinajstić information content (AvgIpc) is 3.50. The Hall–Kier alpha value is -2.62. The van der Waals surface area contributed by atoms with E-state index in [1.54, 1.807) is 12.3 Å². The fourth-order valence-electron chi connectivity index (χ4n) is 3.46. The number of hydrogen-bond donors (Lipinski definition) is 2. The Morgan fingerprint density at radius 2 is 2.13 bits per heavy atom. The Morgan fingerprint density at radius 3 is 2.87 bits per heavy atom. The monoisotopic (exact) mass is 426 g/mol. The van der Waals surface area contributed by atoms with Crippen molar-refractivity contribution < 1.29 is 9.21 Å². The summed E-state index contributed by atoms with van der Waals surface area (Å²) in [5, 5.41) is 8.72. The number of aryl methyl sites for hydroxylation is 1. The van der Waals surface area contributed by atoms with Crippen molar-refractivity contribution >= 4 is 23.1 Å². The van der Waals surface area contributed by atoms with Crippen LogP contribution in [0.2, 0.25) is 0 Å². The van der Waals surface area contributed by atoms with Gasteiger partial charge in [-0.1, -0.05) is 0 Å². The van der Waals surface area contributed by atoms with Gasteiger partial charge in [0.25, 0.3) is 0 Å². The van der Waals surface area contributed by atoms with Gasteiger partial charge >= 0.3 is 0 Å². The molecule has 1 fully saturated rings. The molecule has 3 aromatic rings. The standard InChI is InChI=1S/C21H26N6O2S/c1-15-5-6-17(29-15)20-24-16(21-23-8-12-30-21)13-18(26-20)25-19(28)14-22-7-4-11-27-9-2-3-10-27/h5-6,8,12-13,22H,2-4,7,9-11,14H2,1H3,(H,24,25,26,28). The van der Waals surface area contributed by atoms with E-state index in [0.717, 1.165) is 30.3 Å². The van der Waals surface area contributed by atoms with Crippen LogP contribution in [0.3, 0.4) is 0 Å². The molecule has 1 amide bonds. The summed E-state index contributed by atoms with van der Waals surface area (Å²) in [4.78, 5) is 28.2. The van der Waals surface area contributed by atoms with E-state index in [-0.39, 0.29) is 12.5 Å². The molecule has 4 heterocycles. The van der Waals surface area contributed by atoms with Crippen LogP contribution >= 0.6 is 11.3 Å². The van der Waals surface area contributed by atoms with Crippen LogP contribution in [-0.4, -0.2) is 58.5 Å². The average molecular weight is 427 g/mol. The van der Waals surface area contributed by atoms with Crippen LogP contribution < -0.4 is 10.6 Å². The molecular formula is C21H26N6O2S. The van der Waals surface area contributed by atoms with Gasteiger partial charge in [-0.2, -0.15) is 0 Å². The number of amides is 1. The van der Waals surface area contributed by atoms with Crippen LogP contribution in [0.1, 0.15) is 25.0 Å². The van der Waals surface area contributed by atoms with Gasteiger partial charge in [-0.3, -0.25) is 4.79 Å². The van der Waals surface area contributed by atoms with Crippen LogP contribution in [0.15, 0.2) is 34.2 Å². The lowest BCUT2D eigenvalue weighted by Crippen LogP contribution is -2.31. The quantitative estimate of drug-likeness (QED) is 0.507. The molecular weight excluding hydrogens is 400 g/mol. The fraction of sp³-hybridized carbons (Fsp3) is 0.429. The highest BCUT2D eigenvalue weighted by atomic mass is 32.1. The molecule has 30 heavy (non-hydrogen) atoms. The maximum absolute atomic E-state index is 12.4. The molecule has 158 valence electrons. The SMILES string of the molecule is Cc1ccc(-c2nc(NC(=O)CNCCCN3CCCC3)cc(-c3nccs3)n2)o1. The maximum Gasteiger partial charge on any atom is 0.239 e. The molecule has 0 radical (unpaired) electrons. The number of nitrogens with zero attached hydrogens (tertiary/aromatic N) is 4. The van der Waals surface area contributed by atoms with Crippen molar-refractivity contribution in [2.24, 2.45) is 0 Å². The molecule has 0 aromatic carbocycles. The minimum absolute atomic E-state index is 0.137. The molecule has 0 unspecified atom stereocenters. The molecule has 0 saturated carbocycles. The van der Waals surface area contributed by atoms with E-state index in [9.17, 15) is 4.79 Å². The number of furan rings is 1. The Bertz CT molecular complexity index is 966. The van der Waals surface area contributed by atoms with Crippen LogP contribution in [0.4, 0.5) is 5.82 Å². The summed E-state index contributed by atoms with van der Waals surface area (Å²) in [5.41, 5.74) is 0.651. The van der Waals surface area contributed by atoms with Crippen LogP contribution in [0.5, 0.6) is 0 Å². The number of thiazole rings is 1. The summed E-state index contributed by atoms with van der Waals surface area (Å²) in [6, 6.07) is 5.42. The van der Waals surface area contributed by atoms with Gasteiger partial charge in [0, 0.05) is 17.6 Å². The fourth-order valence-corrected chi connectivity index (χ4v) is 4.06. The largest absolute Gasteiger partial charge is 0.458 e. The van der Waals surface area contributed by atoms with Gasteiger partial charge in [0.05, 0.1) is 6.54 Å². The summed E-state index contributed by atoms with van der Waals surface area (Å²) < 4.78 is 5.66. The molecule has 3 aromatic heterocycles. The van der Waals surface area contributed by atoms with Crippen LogP contribution in [0.25, 0.3) is 22.3 Å². The third-order valence-corrected chi connectivity index (χ3v) is 5.71. The molecule has 1 aliphatic heterocycles. The third-order valence-electron chi connectivity index (χ3n) is 4.92. The van der Waals surface area contributed by atoms with E-state index < -0.39 is 0 Å². The molecule has 9 heteroatoms. The van der Waals surface area contributed by atoms with E-state index in [1.807, 2.05) is 24.4 Å². The number of hydrogen-bond acceptors (Lipinski definition) is 8. The van der Waals surface area contributed by atoms with E-state index >= 15 is 0 Å². The first-order valence-corrected chi connectivity index (χ1v) is 11.1. The molecule has 4 rings (SSSR count). The zero-order valence-electron chi connectivity index (χ0n) is 17.1. The van der Waals surface area contributed by atoms with Gasteiger partial charge in [0.15, 0.2) is 11.6 Å². The lowest BCUT2D eigenvalue weighted by Gasteiger charge is -2.14. The molecule has 1 saturated heterocycles. The van der Waals surface area contributed by atoms with Crippen molar-refractivity contribution in [1.29, 1.82) is 0 Å². The number of rotatable bonds is 9. The minimum atomic E-state index is -0.137. The molecule has 1 aliphatic rings. The highest BCUT2D eigenvalue weighted by Gasteiger charge is 2.14. The number of likely N-dealkylation sites (tertiary alicyclic amines) is 1. The lowest BCUT2D eigenvalue weighted by atomic mass is 10.3. The van der Waals surface area contributed by atoms with Gasteiger partial charge in [-0.15, -0.1) is 11.3 Å². The van der Waals surface area contributed by atoms with Crippen molar-refractivity contribution in [3.63, 3.8) is 0 Å². The summed E-state index contributed by atoms with van der Waals surface area (Å²) in [6.07, 6.45) is 5.37. The zero-order chi connectivity index (χ0) is 20.8. The second kappa shape index (κ2) is 9.92. The van der Waals surface area contributed by atoms with E-state index in [2.05, 4.69) is 30.5 Å². The number of aromatic nitrogens is 3. The second-order valence-corrected chi connectivity index (χ2v) is 8.23. The highest BCUT2D eigenvalue weighted by molar-refractivity contribution is 7.13.